The summed E-state index contributed by atoms with van der Waals surface area (Å²) in [5.74, 6) is 0.166. The number of aliphatic hydroxyl groups excluding tert-OH is 1. The highest BCUT2D eigenvalue weighted by Gasteiger charge is 2.32. The first-order valence-corrected chi connectivity index (χ1v) is 10.9. The lowest BCUT2D eigenvalue weighted by atomic mass is 9.88. The number of amides is 1. The summed E-state index contributed by atoms with van der Waals surface area (Å²) in [5, 5.41) is 12.9. The van der Waals surface area contributed by atoms with Crippen molar-refractivity contribution < 1.29 is 14.3 Å². The van der Waals surface area contributed by atoms with Gasteiger partial charge in [-0.15, -0.1) is 0 Å². The maximum absolute atomic E-state index is 13.2. The van der Waals surface area contributed by atoms with Crippen molar-refractivity contribution in [3.05, 3.63) is 83.3 Å². The third kappa shape index (κ3) is 4.42. The van der Waals surface area contributed by atoms with E-state index in [1.807, 2.05) is 11.0 Å². The van der Waals surface area contributed by atoms with E-state index in [0.717, 1.165) is 23.1 Å². The Morgan fingerprint density at radius 1 is 1.26 bits per heavy atom. The maximum Gasteiger partial charge on any atom is 0.249 e. The number of aliphatic hydroxyl groups is 1. The third-order valence-corrected chi connectivity index (χ3v) is 6.26. The van der Waals surface area contributed by atoms with Gasteiger partial charge in [-0.1, -0.05) is 50.2 Å². The summed E-state index contributed by atoms with van der Waals surface area (Å²) in [7, 11) is 0. The van der Waals surface area contributed by atoms with Gasteiger partial charge in [-0.2, -0.15) is 0 Å². The normalized spacial score (nSPS) is 20.7. The molecule has 0 bridgehead atoms. The average molecular weight is 421 g/mol. The number of nitrogens with one attached hydrogen (secondary N) is 1. The van der Waals surface area contributed by atoms with Crippen molar-refractivity contribution >= 4 is 5.91 Å². The molecule has 2 N–H and O–H groups in total. The average Bonchev–Trinajstić information content (AvgIpc) is 3.28. The van der Waals surface area contributed by atoms with E-state index < -0.39 is 6.04 Å². The van der Waals surface area contributed by atoms with Gasteiger partial charge in [0.2, 0.25) is 5.91 Å². The number of hydrogen-bond donors (Lipinski definition) is 2. The molecule has 4 rings (SSSR count). The van der Waals surface area contributed by atoms with Crippen LogP contribution >= 0.6 is 0 Å². The quantitative estimate of drug-likeness (QED) is 0.742. The topological polar surface area (TPSA) is 52.6 Å². The van der Waals surface area contributed by atoms with E-state index in [4.69, 9.17) is 0 Å². The second-order valence-corrected chi connectivity index (χ2v) is 8.62. The molecule has 2 aliphatic heterocycles. The first-order valence-electron chi connectivity index (χ1n) is 10.9. The summed E-state index contributed by atoms with van der Waals surface area (Å²) in [6.45, 7) is 5.60. The second-order valence-electron chi connectivity index (χ2n) is 8.62. The second kappa shape index (κ2) is 9.06. The zero-order chi connectivity index (χ0) is 22.0. The molecule has 0 aromatic heterocycles. The smallest absolute Gasteiger partial charge is 0.249 e. The van der Waals surface area contributed by atoms with Crippen LogP contribution in [-0.4, -0.2) is 35.0 Å². The summed E-state index contributed by atoms with van der Waals surface area (Å²) in [5.41, 5.74) is 5.60. The van der Waals surface area contributed by atoms with Gasteiger partial charge in [0, 0.05) is 25.2 Å². The number of hydrogen-bond acceptors (Lipinski definition) is 3. The van der Waals surface area contributed by atoms with Crippen LogP contribution in [0, 0.1) is 0 Å². The monoisotopic (exact) mass is 420 g/mol. The predicted octanol–water partition coefficient (Wildman–Crippen LogP) is 4.62. The lowest BCUT2D eigenvalue weighted by Crippen LogP contribution is -2.43. The molecule has 0 spiro atoms. The number of allylic oxidation sites excluding steroid dienone is 2. The SMILES string of the molecule is CC(C)c1ccccc1-c1ccc(C2CCN(C(=O)C3C=CC(F)=CN3)C2)c(CO)c1. The standard InChI is InChI=1S/C26H29FN2O2/c1-17(2)22-5-3-4-6-24(22)18-7-9-23(20(13-18)16-30)19-11-12-29(15-19)26(31)25-10-8-21(27)14-28-25/h3-10,13-14,17,19,25,28,30H,11-12,15-16H2,1-2H3. The minimum Gasteiger partial charge on any atom is -0.392 e. The first-order chi connectivity index (χ1) is 15.0. The van der Waals surface area contributed by atoms with Gasteiger partial charge in [0.25, 0.3) is 0 Å². The number of likely N-dealkylation sites (tertiary alicyclic amines) is 1. The van der Waals surface area contributed by atoms with Crippen LogP contribution in [0.4, 0.5) is 4.39 Å². The van der Waals surface area contributed by atoms with Crippen molar-refractivity contribution in [1.82, 2.24) is 10.2 Å². The molecule has 2 aromatic carbocycles. The lowest BCUT2D eigenvalue weighted by molar-refractivity contribution is -0.131. The van der Waals surface area contributed by atoms with Crippen molar-refractivity contribution in [2.75, 3.05) is 13.1 Å². The van der Waals surface area contributed by atoms with Crippen molar-refractivity contribution in [2.45, 2.75) is 44.8 Å². The lowest BCUT2D eigenvalue weighted by Gasteiger charge is -2.23. The molecule has 5 heteroatoms. The fourth-order valence-corrected chi connectivity index (χ4v) is 4.60. The molecule has 1 fully saturated rings. The van der Waals surface area contributed by atoms with E-state index in [2.05, 4.69) is 55.6 Å². The zero-order valence-electron chi connectivity index (χ0n) is 18.0. The number of rotatable bonds is 5. The number of benzene rings is 2. The number of carbonyl (C=O) groups is 1. The maximum atomic E-state index is 13.2. The number of dihydropyridines is 1. The molecule has 0 aliphatic carbocycles. The van der Waals surface area contributed by atoms with Crippen molar-refractivity contribution in [1.29, 1.82) is 0 Å². The molecule has 4 nitrogen and oxygen atoms in total. The fourth-order valence-electron chi connectivity index (χ4n) is 4.60. The Kier molecular flexibility index (Phi) is 6.23. The van der Waals surface area contributed by atoms with Crippen molar-refractivity contribution in [3.63, 3.8) is 0 Å². The van der Waals surface area contributed by atoms with Crippen LogP contribution in [0.3, 0.4) is 0 Å². The molecule has 2 heterocycles. The highest BCUT2D eigenvalue weighted by Crippen LogP contribution is 2.35. The van der Waals surface area contributed by atoms with Gasteiger partial charge in [-0.25, -0.2) is 4.39 Å². The molecule has 2 unspecified atom stereocenters. The zero-order valence-corrected chi connectivity index (χ0v) is 18.0. The highest BCUT2D eigenvalue weighted by molar-refractivity contribution is 5.84. The molecule has 1 saturated heterocycles. The van der Waals surface area contributed by atoms with Crippen LogP contribution in [0.25, 0.3) is 11.1 Å². The Hall–Kier alpha value is -2.92. The van der Waals surface area contributed by atoms with Gasteiger partial charge in [-0.05, 0) is 58.4 Å². The van der Waals surface area contributed by atoms with Crippen LogP contribution in [0.1, 0.15) is 48.8 Å². The molecule has 1 amide bonds. The van der Waals surface area contributed by atoms with Gasteiger partial charge in [0.05, 0.1) is 6.61 Å². The van der Waals surface area contributed by atoms with Gasteiger partial charge in [-0.3, -0.25) is 4.79 Å². The summed E-state index contributed by atoms with van der Waals surface area (Å²) < 4.78 is 13.2. The molecular formula is C26H29FN2O2. The Morgan fingerprint density at radius 3 is 2.77 bits per heavy atom. The van der Waals surface area contributed by atoms with E-state index >= 15 is 0 Å². The molecule has 2 atom stereocenters. The van der Waals surface area contributed by atoms with Crippen LogP contribution in [0.5, 0.6) is 0 Å². The van der Waals surface area contributed by atoms with E-state index in [9.17, 15) is 14.3 Å². The van der Waals surface area contributed by atoms with Crippen LogP contribution in [0.2, 0.25) is 0 Å². The number of halogens is 1. The largest absolute Gasteiger partial charge is 0.392 e. The predicted molar refractivity (Wildman–Crippen MR) is 121 cm³/mol. The molecule has 2 aliphatic rings. The van der Waals surface area contributed by atoms with Gasteiger partial charge < -0.3 is 15.3 Å². The first kappa shape index (κ1) is 21.3. The molecule has 0 radical (unpaired) electrons. The minimum atomic E-state index is -0.523. The van der Waals surface area contributed by atoms with E-state index in [1.165, 1.54) is 23.4 Å². The summed E-state index contributed by atoms with van der Waals surface area (Å²) in [6.07, 6.45) is 4.96. The molecule has 2 aromatic rings. The van der Waals surface area contributed by atoms with Gasteiger partial charge in [0.15, 0.2) is 0 Å². The Morgan fingerprint density at radius 2 is 2.06 bits per heavy atom. The van der Waals surface area contributed by atoms with Gasteiger partial charge in [0.1, 0.15) is 11.9 Å². The Balaban J connectivity index is 1.53. The van der Waals surface area contributed by atoms with Crippen LogP contribution < -0.4 is 5.32 Å². The number of nitrogens with zero attached hydrogens (tertiary/aromatic N) is 1. The molecule has 31 heavy (non-hydrogen) atoms. The van der Waals surface area contributed by atoms with Crippen molar-refractivity contribution in [3.8, 4) is 11.1 Å². The summed E-state index contributed by atoms with van der Waals surface area (Å²) >= 11 is 0. The summed E-state index contributed by atoms with van der Waals surface area (Å²) in [4.78, 5) is 14.6. The molecular weight excluding hydrogens is 391 g/mol. The Bertz CT molecular complexity index is 1030. The van der Waals surface area contributed by atoms with E-state index in [-0.39, 0.29) is 24.3 Å². The number of carbonyl (C=O) groups excluding carboxylic acids is 1. The third-order valence-electron chi connectivity index (χ3n) is 6.26. The minimum absolute atomic E-state index is 0.0333. The fraction of sp³-hybridized carbons (Fsp3) is 0.346. The summed E-state index contributed by atoms with van der Waals surface area (Å²) in [6, 6.07) is 14.2. The Labute approximate surface area is 183 Å². The van der Waals surface area contributed by atoms with Crippen molar-refractivity contribution in [2.24, 2.45) is 0 Å². The van der Waals surface area contributed by atoms with E-state index in [0.29, 0.717) is 19.0 Å². The van der Waals surface area contributed by atoms with Gasteiger partial charge >= 0.3 is 0 Å². The highest BCUT2D eigenvalue weighted by atomic mass is 19.1. The molecule has 162 valence electrons. The van der Waals surface area contributed by atoms with Crippen LogP contribution in [0.15, 0.2) is 66.6 Å². The molecule has 0 saturated carbocycles. The van der Waals surface area contributed by atoms with E-state index in [1.54, 1.807) is 6.08 Å². The van der Waals surface area contributed by atoms with Crippen LogP contribution in [-0.2, 0) is 11.4 Å².